The smallest absolute Gasteiger partial charge is 0.229 e. The number of phenolic OH excluding ortho intramolecular Hbond substituents is 2. The van der Waals surface area contributed by atoms with Gasteiger partial charge in [-0.25, -0.2) is 0 Å². The number of rotatable bonds is 5. The van der Waals surface area contributed by atoms with Crippen LogP contribution in [0.15, 0.2) is 45.6 Å². The van der Waals surface area contributed by atoms with Crippen LogP contribution >= 0.6 is 0 Å². The van der Waals surface area contributed by atoms with Gasteiger partial charge in [-0.3, -0.25) is 4.79 Å². The van der Waals surface area contributed by atoms with Crippen molar-refractivity contribution in [1.82, 2.24) is 0 Å². The largest absolute Gasteiger partial charge is 0.508 e. The molecule has 5 atom stereocenters. The Labute approximate surface area is 186 Å². The van der Waals surface area contributed by atoms with Crippen LogP contribution in [0.25, 0.3) is 22.3 Å². The predicted molar refractivity (Wildman–Crippen MR) is 112 cm³/mol. The molecule has 1 aliphatic rings. The molecule has 1 aliphatic heterocycles. The van der Waals surface area contributed by atoms with Gasteiger partial charge >= 0.3 is 0 Å². The van der Waals surface area contributed by atoms with Crippen molar-refractivity contribution in [2.24, 2.45) is 0 Å². The Morgan fingerprint density at radius 1 is 1.00 bits per heavy atom. The number of hydrogen-bond acceptors (Lipinski definition) is 11. The summed E-state index contributed by atoms with van der Waals surface area (Å²) < 4.78 is 21.9. The minimum atomic E-state index is -1.71. The zero-order chi connectivity index (χ0) is 23.9. The van der Waals surface area contributed by atoms with Crippen LogP contribution < -0.4 is 14.9 Å². The van der Waals surface area contributed by atoms with Crippen molar-refractivity contribution in [2.75, 3.05) is 13.7 Å². The van der Waals surface area contributed by atoms with E-state index in [1.165, 1.54) is 43.5 Å². The first-order valence-electron chi connectivity index (χ1n) is 9.89. The van der Waals surface area contributed by atoms with E-state index < -0.39 is 48.5 Å². The third kappa shape index (κ3) is 4.08. The SMILES string of the molecule is COc1c(O[C@H]2O[C@@H](CO)[C@H](O)[C@H](O)[C@@H]2O)cc2oc(-c3ccc(O)cc3)cc(=O)c2c1O. The fraction of sp³-hybridized carbons (Fsp3) is 0.318. The summed E-state index contributed by atoms with van der Waals surface area (Å²) >= 11 is 0. The van der Waals surface area contributed by atoms with Gasteiger partial charge in [0.2, 0.25) is 12.0 Å². The zero-order valence-corrected chi connectivity index (χ0v) is 17.3. The first-order valence-corrected chi connectivity index (χ1v) is 9.89. The number of aliphatic hydroxyl groups excluding tert-OH is 4. The van der Waals surface area contributed by atoms with Crippen molar-refractivity contribution >= 4 is 11.0 Å². The van der Waals surface area contributed by atoms with Crippen LogP contribution in [0.5, 0.6) is 23.0 Å². The molecule has 176 valence electrons. The predicted octanol–water partition coefficient (Wildman–Crippen LogP) is 0.0585. The average molecular weight is 462 g/mol. The van der Waals surface area contributed by atoms with Crippen molar-refractivity contribution in [3.05, 3.63) is 46.6 Å². The van der Waals surface area contributed by atoms with Crippen molar-refractivity contribution < 1.29 is 49.3 Å². The molecule has 0 radical (unpaired) electrons. The number of aliphatic hydroxyl groups is 4. The van der Waals surface area contributed by atoms with E-state index in [4.69, 9.17) is 18.6 Å². The minimum Gasteiger partial charge on any atom is -0.508 e. The summed E-state index contributed by atoms with van der Waals surface area (Å²) in [4.78, 5) is 12.7. The molecule has 2 aromatic carbocycles. The number of hydrogen-bond donors (Lipinski definition) is 6. The van der Waals surface area contributed by atoms with Crippen LogP contribution in [-0.4, -0.2) is 75.1 Å². The molecule has 0 unspecified atom stereocenters. The lowest BCUT2D eigenvalue weighted by Gasteiger charge is -2.39. The first kappa shape index (κ1) is 22.8. The normalized spacial score (nSPS) is 25.2. The molecule has 2 heterocycles. The standard InChI is InChI=1S/C22H22O11/c1-30-21-14(32-22-20(29)19(28)17(26)15(8-23)33-22)7-13-16(18(21)27)11(25)6-12(31-13)9-2-4-10(24)5-3-9/h2-7,15,17,19-20,22-24,26-29H,8H2,1H3/t15-,17-,19-,20-,22-/m0/s1. The van der Waals surface area contributed by atoms with Crippen LogP contribution in [0.1, 0.15) is 0 Å². The van der Waals surface area contributed by atoms with Gasteiger partial charge in [0, 0.05) is 17.7 Å². The quantitative estimate of drug-likeness (QED) is 0.302. The molecule has 1 saturated heterocycles. The number of fused-ring (bicyclic) bond motifs is 1. The molecule has 6 N–H and O–H groups in total. The van der Waals surface area contributed by atoms with Gasteiger partial charge in [-0.05, 0) is 24.3 Å². The van der Waals surface area contributed by atoms with Crippen molar-refractivity contribution in [2.45, 2.75) is 30.7 Å². The Kier molecular flexibility index (Phi) is 6.15. The molecular formula is C22H22O11. The monoisotopic (exact) mass is 462 g/mol. The summed E-state index contributed by atoms with van der Waals surface area (Å²) in [6.45, 7) is -0.657. The van der Waals surface area contributed by atoms with Crippen molar-refractivity contribution in [3.8, 4) is 34.3 Å². The third-order valence-electron chi connectivity index (χ3n) is 5.36. The highest BCUT2D eigenvalue weighted by molar-refractivity contribution is 5.89. The van der Waals surface area contributed by atoms with E-state index in [0.717, 1.165) is 0 Å². The van der Waals surface area contributed by atoms with Crippen molar-refractivity contribution in [3.63, 3.8) is 0 Å². The maximum Gasteiger partial charge on any atom is 0.229 e. The Balaban J connectivity index is 1.79. The van der Waals surface area contributed by atoms with E-state index in [2.05, 4.69) is 0 Å². The summed E-state index contributed by atoms with van der Waals surface area (Å²) in [5.41, 5.74) is -0.170. The number of methoxy groups -OCH3 is 1. The first-order chi connectivity index (χ1) is 15.7. The highest BCUT2D eigenvalue weighted by atomic mass is 16.7. The highest BCUT2D eigenvalue weighted by Crippen LogP contribution is 2.43. The molecule has 0 saturated carbocycles. The van der Waals surface area contributed by atoms with Gasteiger partial charge in [0.1, 0.15) is 46.9 Å². The molecule has 1 aromatic heterocycles. The Morgan fingerprint density at radius 3 is 2.33 bits per heavy atom. The minimum absolute atomic E-state index is 0.0273. The zero-order valence-electron chi connectivity index (χ0n) is 17.3. The van der Waals surface area contributed by atoms with Gasteiger partial charge < -0.3 is 49.3 Å². The van der Waals surface area contributed by atoms with Gasteiger partial charge in [-0.1, -0.05) is 0 Å². The Morgan fingerprint density at radius 2 is 1.70 bits per heavy atom. The topological polar surface area (TPSA) is 179 Å². The Bertz CT molecular complexity index is 1200. The third-order valence-corrected chi connectivity index (χ3v) is 5.36. The Hall–Kier alpha value is -3.35. The summed E-state index contributed by atoms with van der Waals surface area (Å²) in [5, 5.41) is 59.5. The van der Waals surface area contributed by atoms with Crippen LogP contribution in [-0.2, 0) is 4.74 Å². The van der Waals surface area contributed by atoms with Gasteiger partial charge in [-0.2, -0.15) is 0 Å². The van der Waals surface area contributed by atoms with Crippen LogP contribution in [0, 0.1) is 0 Å². The van der Waals surface area contributed by atoms with Gasteiger partial charge in [0.05, 0.1) is 13.7 Å². The maximum atomic E-state index is 12.7. The van der Waals surface area contributed by atoms with E-state index in [9.17, 15) is 35.4 Å². The molecule has 11 heteroatoms. The van der Waals surface area contributed by atoms with Gasteiger partial charge in [0.25, 0.3) is 0 Å². The summed E-state index contributed by atoms with van der Waals surface area (Å²) in [5.74, 6) is -0.863. The van der Waals surface area contributed by atoms with Crippen LogP contribution in [0.2, 0.25) is 0 Å². The van der Waals surface area contributed by atoms with E-state index in [-0.39, 0.29) is 34.0 Å². The maximum absolute atomic E-state index is 12.7. The van der Waals surface area contributed by atoms with E-state index in [1.807, 2.05) is 0 Å². The molecule has 0 aliphatic carbocycles. The molecular weight excluding hydrogens is 440 g/mol. The lowest BCUT2D eigenvalue weighted by molar-refractivity contribution is -0.277. The number of aromatic hydroxyl groups is 2. The lowest BCUT2D eigenvalue weighted by Crippen LogP contribution is -2.60. The van der Waals surface area contributed by atoms with E-state index in [1.54, 1.807) is 0 Å². The molecule has 11 nitrogen and oxygen atoms in total. The highest BCUT2D eigenvalue weighted by Gasteiger charge is 2.45. The van der Waals surface area contributed by atoms with Crippen LogP contribution in [0.4, 0.5) is 0 Å². The average Bonchev–Trinajstić information content (AvgIpc) is 2.79. The number of ether oxygens (including phenoxy) is 3. The molecule has 1 fully saturated rings. The van der Waals surface area contributed by atoms with Crippen LogP contribution in [0.3, 0.4) is 0 Å². The van der Waals surface area contributed by atoms with Gasteiger partial charge in [0.15, 0.2) is 16.9 Å². The molecule has 33 heavy (non-hydrogen) atoms. The van der Waals surface area contributed by atoms with Gasteiger partial charge in [-0.15, -0.1) is 0 Å². The number of benzene rings is 2. The van der Waals surface area contributed by atoms with E-state index in [0.29, 0.717) is 5.56 Å². The second kappa shape index (κ2) is 8.89. The molecule has 0 amide bonds. The summed E-state index contributed by atoms with van der Waals surface area (Å²) in [7, 11) is 1.22. The molecule has 3 aromatic rings. The second-order valence-corrected chi connectivity index (χ2v) is 7.47. The molecule has 0 bridgehead atoms. The van der Waals surface area contributed by atoms with E-state index >= 15 is 0 Å². The fourth-order valence-corrected chi connectivity index (χ4v) is 3.60. The molecule has 0 spiro atoms. The number of phenols is 2. The summed E-state index contributed by atoms with van der Waals surface area (Å²) in [6.07, 6.45) is -7.74. The fourth-order valence-electron chi connectivity index (χ4n) is 3.60. The molecule has 4 rings (SSSR count). The lowest BCUT2D eigenvalue weighted by atomic mass is 9.99. The van der Waals surface area contributed by atoms with Crippen molar-refractivity contribution in [1.29, 1.82) is 0 Å². The second-order valence-electron chi connectivity index (χ2n) is 7.47. The summed E-state index contributed by atoms with van der Waals surface area (Å²) in [6, 6.07) is 8.31.